The first kappa shape index (κ1) is 9.22. The zero-order valence-corrected chi connectivity index (χ0v) is 8.56. The number of aromatic nitrogens is 2. The monoisotopic (exact) mass is 190 g/mol. The first-order chi connectivity index (χ1) is 6.72. The lowest BCUT2D eigenvalue weighted by atomic mass is 10.2. The van der Waals surface area contributed by atoms with Gasteiger partial charge < -0.3 is 0 Å². The van der Waals surface area contributed by atoms with Gasteiger partial charge in [-0.05, 0) is 13.8 Å². The molecular formula is C10H14N4. The molecule has 0 N–H and O–H groups in total. The van der Waals surface area contributed by atoms with Gasteiger partial charge in [0.15, 0.2) is 0 Å². The Balaban J connectivity index is 2.28. The summed E-state index contributed by atoms with van der Waals surface area (Å²) in [4.78, 5) is 2.36. The minimum Gasteiger partial charge on any atom is -0.293 e. The van der Waals surface area contributed by atoms with Gasteiger partial charge in [0, 0.05) is 19.1 Å². The number of hydrogen-bond donors (Lipinski definition) is 0. The summed E-state index contributed by atoms with van der Waals surface area (Å²) >= 11 is 0. The average molecular weight is 190 g/mol. The Bertz CT molecular complexity index is 372. The molecule has 1 aliphatic heterocycles. The molecule has 0 atom stereocenters. The van der Waals surface area contributed by atoms with E-state index < -0.39 is 0 Å². The number of hydrogen-bond acceptors (Lipinski definition) is 3. The number of fused-ring (bicyclic) bond motifs is 1. The Morgan fingerprint density at radius 1 is 1.50 bits per heavy atom. The van der Waals surface area contributed by atoms with Crippen LogP contribution in [-0.2, 0) is 13.1 Å². The summed E-state index contributed by atoms with van der Waals surface area (Å²) in [5.41, 5.74) is 1.78. The van der Waals surface area contributed by atoms with E-state index in [1.807, 2.05) is 4.68 Å². The zero-order chi connectivity index (χ0) is 10.1. The van der Waals surface area contributed by atoms with Gasteiger partial charge in [-0.25, -0.2) is 0 Å². The molecule has 1 aromatic heterocycles. The van der Waals surface area contributed by atoms with Crippen molar-refractivity contribution in [3.05, 3.63) is 17.5 Å². The summed E-state index contributed by atoms with van der Waals surface area (Å²) in [7, 11) is 0. The van der Waals surface area contributed by atoms with Gasteiger partial charge >= 0.3 is 0 Å². The fraction of sp³-hybridized carbons (Fsp3) is 0.600. The van der Waals surface area contributed by atoms with Gasteiger partial charge in [0.05, 0.1) is 24.0 Å². The molecule has 0 amide bonds. The fourth-order valence-electron chi connectivity index (χ4n) is 1.80. The molecule has 0 bridgehead atoms. The highest BCUT2D eigenvalue weighted by molar-refractivity contribution is 5.31. The second-order valence-corrected chi connectivity index (χ2v) is 3.90. The SMILES string of the molecule is CC(C)N1CCn2ncc(C#N)c2C1. The lowest BCUT2D eigenvalue weighted by molar-refractivity contribution is 0.170. The predicted octanol–water partition coefficient (Wildman–Crippen LogP) is 0.979. The van der Waals surface area contributed by atoms with Crippen molar-refractivity contribution in [3.63, 3.8) is 0 Å². The molecular weight excluding hydrogens is 176 g/mol. The molecule has 4 nitrogen and oxygen atoms in total. The third-order valence-electron chi connectivity index (χ3n) is 2.75. The topological polar surface area (TPSA) is 44.9 Å². The van der Waals surface area contributed by atoms with Crippen molar-refractivity contribution >= 4 is 0 Å². The second-order valence-electron chi connectivity index (χ2n) is 3.90. The number of nitriles is 1. The molecule has 0 aliphatic carbocycles. The van der Waals surface area contributed by atoms with Gasteiger partial charge in [-0.1, -0.05) is 0 Å². The van der Waals surface area contributed by atoms with Crippen molar-refractivity contribution in [2.24, 2.45) is 0 Å². The van der Waals surface area contributed by atoms with E-state index in [0.29, 0.717) is 6.04 Å². The molecule has 1 aromatic rings. The molecule has 74 valence electrons. The van der Waals surface area contributed by atoms with Crippen LogP contribution in [0.25, 0.3) is 0 Å². The lowest BCUT2D eigenvalue weighted by Crippen LogP contribution is -2.38. The summed E-state index contributed by atoms with van der Waals surface area (Å²) in [5, 5.41) is 13.1. The molecule has 14 heavy (non-hydrogen) atoms. The van der Waals surface area contributed by atoms with E-state index in [-0.39, 0.29) is 0 Å². The maximum Gasteiger partial charge on any atom is 0.103 e. The number of nitrogens with zero attached hydrogens (tertiary/aromatic N) is 4. The average Bonchev–Trinajstić information content (AvgIpc) is 2.59. The molecule has 0 fully saturated rings. The van der Waals surface area contributed by atoms with Crippen LogP contribution in [0.1, 0.15) is 25.1 Å². The standard InChI is InChI=1S/C10H14N4/c1-8(2)13-3-4-14-10(7-13)9(5-11)6-12-14/h6,8H,3-4,7H2,1-2H3. The van der Waals surface area contributed by atoms with Crippen molar-refractivity contribution in [3.8, 4) is 6.07 Å². The van der Waals surface area contributed by atoms with Crippen LogP contribution in [0, 0.1) is 11.3 Å². The van der Waals surface area contributed by atoms with Gasteiger partial charge in [-0.2, -0.15) is 10.4 Å². The van der Waals surface area contributed by atoms with Crippen LogP contribution in [-0.4, -0.2) is 27.3 Å². The fourth-order valence-corrected chi connectivity index (χ4v) is 1.80. The lowest BCUT2D eigenvalue weighted by Gasteiger charge is -2.30. The quantitative estimate of drug-likeness (QED) is 0.663. The third kappa shape index (κ3) is 1.40. The highest BCUT2D eigenvalue weighted by Crippen LogP contribution is 2.17. The van der Waals surface area contributed by atoms with Crippen molar-refractivity contribution in [1.82, 2.24) is 14.7 Å². The van der Waals surface area contributed by atoms with Crippen molar-refractivity contribution in [2.45, 2.75) is 33.0 Å². The van der Waals surface area contributed by atoms with E-state index in [9.17, 15) is 0 Å². The van der Waals surface area contributed by atoms with Gasteiger partial charge in [0.2, 0.25) is 0 Å². The van der Waals surface area contributed by atoms with Crippen LogP contribution in [0.5, 0.6) is 0 Å². The maximum atomic E-state index is 8.89. The van der Waals surface area contributed by atoms with Crippen LogP contribution in [0.3, 0.4) is 0 Å². The van der Waals surface area contributed by atoms with E-state index in [2.05, 4.69) is 29.9 Å². The predicted molar refractivity (Wildman–Crippen MR) is 52.5 cm³/mol. The maximum absolute atomic E-state index is 8.89. The molecule has 4 heteroatoms. The minimum absolute atomic E-state index is 0.533. The Hall–Kier alpha value is -1.34. The summed E-state index contributed by atoms with van der Waals surface area (Å²) in [6.07, 6.45) is 1.67. The molecule has 2 rings (SSSR count). The van der Waals surface area contributed by atoms with Crippen LogP contribution >= 0.6 is 0 Å². The molecule has 0 unspecified atom stereocenters. The molecule has 0 aromatic carbocycles. The molecule has 0 radical (unpaired) electrons. The summed E-state index contributed by atoms with van der Waals surface area (Å²) in [6, 6.07) is 2.72. The summed E-state index contributed by atoms with van der Waals surface area (Å²) in [6.45, 7) is 7.13. The van der Waals surface area contributed by atoms with Gasteiger partial charge in [-0.3, -0.25) is 9.58 Å². The zero-order valence-electron chi connectivity index (χ0n) is 8.56. The summed E-state index contributed by atoms with van der Waals surface area (Å²) < 4.78 is 1.94. The first-order valence-electron chi connectivity index (χ1n) is 4.91. The van der Waals surface area contributed by atoms with Gasteiger partial charge in [0.1, 0.15) is 6.07 Å². The second kappa shape index (κ2) is 3.43. The van der Waals surface area contributed by atoms with E-state index in [0.717, 1.165) is 30.9 Å². The molecule has 1 aliphatic rings. The molecule has 2 heterocycles. The van der Waals surface area contributed by atoms with E-state index in [1.54, 1.807) is 6.20 Å². The van der Waals surface area contributed by atoms with Crippen LogP contribution in [0.15, 0.2) is 6.20 Å². The van der Waals surface area contributed by atoms with Crippen molar-refractivity contribution in [1.29, 1.82) is 5.26 Å². The van der Waals surface area contributed by atoms with E-state index in [1.165, 1.54) is 0 Å². The van der Waals surface area contributed by atoms with Crippen LogP contribution in [0.2, 0.25) is 0 Å². The van der Waals surface area contributed by atoms with Crippen molar-refractivity contribution in [2.75, 3.05) is 6.54 Å². The first-order valence-corrected chi connectivity index (χ1v) is 4.91. The molecule has 0 saturated carbocycles. The van der Waals surface area contributed by atoms with E-state index in [4.69, 9.17) is 5.26 Å². The van der Waals surface area contributed by atoms with Gasteiger partial charge in [-0.15, -0.1) is 0 Å². The highest BCUT2D eigenvalue weighted by atomic mass is 15.3. The Kier molecular flexibility index (Phi) is 2.26. The highest BCUT2D eigenvalue weighted by Gasteiger charge is 2.21. The van der Waals surface area contributed by atoms with Crippen LogP contribution < -0.4 is 0 Å². The Labute approximate surface area is 83.7 Å². The molecule has 0 saturated heterocycles. The Morgan fingerprint density at radius 2 is 2.29 bits per heavy atom. The Morgan fingerprint density at radius 3 is 2.93 bits per heavy atom. The van der Waals surface area contributed by atoms with Crippen LogP contribution in [0.4, 0.5) is 0 Å². The van der Waals surface area contributed by atoms with Gasteiger partial charge in [0.25, 0.3) is 0 Å². The molecule has 0 spiro atoms. The summed E-state index contributed by atoms with van der Waals surface area (Å²) in [5.74, 6) is 0. The number of rotatable bonds is 1. The smallest absolute Gasteiger partial charge is 0.103 e. The van der Waals surface area contributed by atoms with E-state index >= 15 is 0 Å². The third-order valence-corrected chi connectivity index (χ3v) is 2.75. The van der Waals surface area contributed by atoms with Crippen molar-refractivity contribution < 1.29 is 0 Å². The normalized spacial score (nSPS) is 16.7. The largest absolute Gasteiger partial charge is 0.293 e. The minimum atomic E-state index is 0.533.